The van der Waals surface area contributed by atoms with Crippen LogP contribution in [0.4, 0.5) is 16.2 Å². The highest BCUT2D eigenvalue weighted by molar-refractivity contribution is 9.10. The molecule has 1 atom stereocenters. The van der Waals surface area contributed by atoms with Crippen molar-refractivity contribution < 1.29 is 19.6 Å². The number of urea groups is 1. The minimum atomic E-state index is -2.19. The van der Waals surface area contributed by atoms with Crippen molar-refractivity contribution in [1.29, 1.82) is 0 Å². The molecule has 0 saturated heterocycles. The van der Waals surface area contributed by atoms with Crippen molar-refractivity contribution in [3.05, 3.63) is 57.6 Å². The first kappa shape index (κ1) is 24.2. The molecule has 172 valence electrons. The normalized spacial score (nSPS) is 17.8. The predicted octanol–water partition coefficient (Wildman–Crippen LogP) is 2.69. The van der Waals surface area contributed by atoms with Crippen molar-refractivity contribution in [2.24, 2.45) is 0 Å². The van der Waals surface area contributed by atoms with Gasteiger partial charge in [0.1, 0.15) is 0 Å². The number of quaternary nitrogens is 1. The minimum absolute atomic E-state index is 0.316. The molecule has 1 heterocycles. The smallest absolute Gasteiger partial charge is 0.329 e. The van der Waals surface area contributed by atoms with Crippen molar-refractivity contribution in [1.82, 2.24) is 5.32 Å². The number of aryl methyl sites for hydroxylation is 2. The van der Waals surface area contributed by atoms with E-state index in [1.54, 1.807) is 30.3 Å². The molecule has 0 radical (unpaired) electrons. The lowest BCUT2D eigenvalue weighted by Crippen LogP contribution is -3.11. The molecule has 1 unspecified atom stereocenters. The van der Waals surface area contributed by atoms with Crippen LogP contribution in [0.15, 0.2) is 40.9 Å². The first-order chi connectivity index (χ1) is 15.2. The molecule has 0 aliphatic carbocycles. The van der Waals surface area contributed by atoms with Crippen molar-refractivity contribution in [2.45, 2.75) is 39.8 Å². The molecule has 1 aliphatic rings. The summed E-state index contributed by atoms with van der Waals surface area (Å²) < 4.78 is 0.698. The van der Waals surface area contributed by atoms with Crippen LogP contribution in [0.2, 0.25) is 0 Å². The van der Waals surface area contributed by atoms with Gasteiger partial charge in [-0.15, -0.1) is 0 Å². The maximum atomic E-state index is 13.5. The Morgan fingerprint density at radius 2 is 1.88 bits per heavy atom. The van der Waals surface area contributed by atoms with Gasteiger partial charge in [0.05, 0.1) is 25.3 Å². The SMILES string of the molecule is CC[NH+](CC)CCCNC(=O)C1(O)c2cc(Br)ccc2NC(=O)N1c1ccc(C)c(C)c1. The van der Waals surface area contributed by atoms with E-state index in [9.17, 15) is 14.7 Å². The third-order valence-electron chi connectivity index (χ3n) is 6.18. The van der Waals surface area contributed by atoms with Crippen molar-refractivity contribution in [3.63, 3.8) is 0 Å². The Morgan fingerprint density at radius 1 is 1.16 bits per heavy atom. The molecule has 3 amide bonds. The van der Waals surface area contributed by atoms with Crippen molar-refractivity contribution in [3.8, 4) is 0 Å². The summed E-state index contributed by atoms with van der Waals surface area (Å²) in [5, 5.41) is 17.6. The number of carbonyl (C=O) groups is 2. The molecule has 2 aromatic carbocycles. The van der Waals surface area contributed by atoms with Crippen molar-refractivity contribution >= 4 is 39.2 Å². The highest BCUT2D eigenvalue weighted by Crippen LogP contribution is 2.41. The Bertz CT molecular complexity index is 1010. The van der Waals surface area contributed by atoms with Crippen LogP contribution in [0.1, 0.15) is 37.0 Å². The molecule has 4 N–H and O–H groups in total. The first-order valence-electron chi connectivity index (χ1n) is 11.0. The molecule has 0 bridgehead atoms. The standard InChI is InChI=1S/C24H31BrN4O3/c1-5-28(6-2)13-7-12-26-22(30)24(32)20-15-18(25)9-11-21(20)27-23(31)29(24)19-10-8-16(3)17(4)14-19/h8-11,14-15,32H,5-7,12-13H2,1-4H3,(H,26,30)(H,27,31)/p+1. The zero-order valence-electron chi connectivity index (χ0n) is 19.1. The molecule has 0 spiro atoms. The van der Waals surface area contributed by atoms with E-state index in [0.717, 1.165) is 42.1 Å². The second kappa shape index (κ2) is 10.0. The number of aliphatic hydroxyl groups is 1. The Balaban J connectivity index is 1.97. The van der Waals surface area contributed by atoms with Gasteiger partial charge in [-0.1, -0.05) is 22.0 Å². The summed E-state index contributed by atoms with van der Waals surface area (Å²) in [5.74, 6) is -0.625. The third kappa shape index (κ3) is 4.67. The molecule has 1 aliphatic heterocycles. The van der Waals surface area contributed by atoms with Gasteiger partial charge in [-0.25, -0.2) is 4.79 Å². The predicted molar refractivity (Wildman–Crippen MR) is 130 cm³/mol. The number of hydrogen-bond acceptors (Lipinski definition) is 3. The lowest BCUT2D eigenvalue weighted by molar-refractivity contribution is -0.896. The molecular weight excluding hydrogens is 472 g/mol. The van der Waals surface area contributed by atoms with Crippen LogP contribution in [0.3, 0.4) is 0 Å². The van der Waals surface area contributed by atoms with E-state index >= 15 is 0 Å². The quantitative estimate of drug-likeness (QED) is 0.417. The van der Waals surface area contributed by atoms with Gasteiger partial charge < -0.3 is 20.6 Å². The van der Waals surface area contributed by atoms with Gasteiger partial charge in [-0.05, 0) is 69.2 Å². The number of nitrogens with zero attached hydrogens (tertiary/aromatic N) is 1. The number of rotatable bonds is 8. The third-order valence-corrected chi connectivity index (χ3v) is 6.68. The lowest BCUT2D eigenvalue weighted by atomic mass is 9.94. The van der Waals surface area contributed by atoms with Crippen LogP contribution in [0, 0.1) is 13.8 Å². The van der Waals surface area contributed by atoms with E-state index in [0.29, 0.717) is 28.0 Å². The Morgan fingerprint density at radius 3 is 2.53 bits per heavy atom. The molecule has 8 heteroatoms. The number of halogens is 1. The minimum Gasteiger partial charge on any atom is -0.359 e. The second-order valence-corrected chi connectivity index (χ2v) is 9.13. The fourth-order valence-electron chi connectivity index (χ4n) is 4.01. The molecule has 0 saturated carbocycles. The molecule has 3 rings (SSSR count). The van der Waals surface area contributed by atoms with E-state index in [4.69, 9.17) is 0 Å². The van der Waals surface area contributed by atoms with Gasteiger partial charge in [-0.3, -0.25) is 9.69 Å². The second-order valence-electron chi connectivity index (χ2n) is 8.21. The maximum absolute atomic E-state index is 13.5. The number of fused-ring (bicyclic) bond motifs is 1. The lowest BCUT2D eigenvalue weighted by Gasteiger charge is -2.43. The molecule has 0 fully saturated rings. The summed E-state index contributed by atoms with van der Waals surface area (Å²) in [7, 11) is 0. The van der Waals surface area contributed by atoms with Crippen LogP contribution in [0.5, 0.6) is 0 Å². The van der Waals surface area contributed by atoms with Gasteiger partial charge in [0.15, 0.2) is 0 Å². The average Bonchev–Trinajstić information content (AvgIpc) is 2.76. The monoisotopic (exact) mass is 503 g/mol. The highest BCUT2D eigenvalue weighted by Gasteiger charge is 2.52. The maximum Gasteiger partial charge on any atom is 0.329 e. The number of benzene rings is 2. The largest absolute Gasteiger partial charge is 0.359 e. The van der Waals surface area contributed by atoms with Gasteiger partial charge in [0.25, 0.3) is 11.6 Å². The Kier molecular flexibility index (Phi) is 7.59. The Labute approximate surface area is 197 Å². The average molecular weight is 504 g/mol. The van der Waals surface area contributed by atoms with E-state index in [1.807, 2.05) is 19.9 Å². The first-order valence-corrected chi connectivity index (χ1v) is 11.8. The van der Waals surface area contributed by atoms with Gasteiger partial charge in [0.2, 0.25) is 0 Å². The van der Waals surface area contributed by atoms with E-state index < -0.39 is 17.7 Å². The van der Waals surface area contributed by atoms with Crippen LogP contribution >= 0.6 is 15.9 Å². The fourth-order valence-corrected chi connectivity index (χ4v) is 4.37. The summed E-state index contributed by atoms with van der Waals surface area (Å²) in [4.78, 5) is 29.2. The molecule has 0 aromatic heterocycles. The van der Waals surface area contributed by atoms with Gasteiger partial charge >= 0.3 is 6.03 Å². The molecule has 2 aromatic rings. The van der Waals surface area contributed by atoms with Gasteiger partial charge in [-0.2, -0.15) is 0 Å². The van der Waals surface area contributed by atoms with Crippen LogP contribution < -0.4 is 20.4 Å². The summed E-state index contributed by atoms with van der Waals surface area (Å²) in [6, 6.07) is 9.97. The zero-order valence-corrected chi connectivity index (χ0v) is 20.7. The number of nitrogens with one attached hydrogen (secondary N) is 3. The molecular formula is C24H32BrN4O3+. The number of carbonyl (C=O) groups excluding carboxylic acids is 2. The van der Waals surface area contributed by atoms with E-state index in [-0.39, 0.29) is 0 Å². The topological polar surface area (TPSA) is 86.1 Å². The summed E-state index contributed by atoms with van der Waals surface area (Å²) >= 11 is 3.42. The molecule has 32 heavy (non-hydrogen) atoms. The van der Waals surface area contributed by atoms with Gasteiger partial charge in [0, 0.05) is 28.7 Å². The number of hydrogen-bond donors (Lipinski definition) is 4. The summed E-state index contributed by atoms with van der Waals surface area (Å²) in [6.07, 6.45) is 0.778. The highest BCUT2D eigenvalue weighted by atomic mass is 79.9. The van der Waals surface area contributed by atoms with Crippen LogP contribution in [0.25, 0.3) is 0 Å². The molecule has 7 nitrogen and oxygen atoms in total. The van der Waals surface area contributed by atoms with Crippen molar-refractivity contribution in [2.75, 3.05) is 36.4 Å². The number of amides is 3. The number of anilines is 2. The van der Waals surface area contributed by atoms with E-state index in [1.165, 1.54) is 4.90 Å². The van der Waals surface area contributed by atoms with Crippen LogP contribution in [-0.2, 0) is 10.5 Å². The van der Waals surface area contributed by atoms with Crippen LogP contribution in [-0.4, -0.2) is 43.2 Å². The van der Waals surface area contributed by atoms with E-state index in [2.05, 4.69) is 40.4 Å². The Hall–Kier alpha value is -2.42. The summed E-state index contributed by atoms with van der Waals surface area (Å²) in [5.41, 5.74) is 0.994. The summed E-state index contributed by atoms with van der Waals surface area (Å²) in [6.45, 7) is 11.6. The fraction of sp³-hybridized carbons (Fsp3) is 0.417. The zero-order chi connectivity index (χ0) is 23.5.